The highest BCUT2D eigenvalue weighted by atomic mass is 16.6. The van der Waals surface area contributed by atoms with Gasteiger partial charge < -0.3 is 4.90 Å². The highest BCUT2D eigenvalue weighted by Crippen LogP contribution is 2.28. The van der Waals surface area contributed by atoms with Crippen LogP contribution in [0.4, 0.5) is 5.69 Å². The second-order valence-electron chi connectivity index (χ2n) is 6.45. The molecule has 0 unspecified atom stereocenters. The number of nitro benzene ring substituents is 1. The van der Waals surface area contributed by atoms with E-state index < -0.39 is 29.1 Å². The summed E-state index contributed by atoms with van der Waals surface area (Å²) in [5.41, 5.74) is 0.427. The molecule has 2 aromatic carbocycles. The van der Waals surface area contributed by atoms with E-state index in [1.807, 2.05) is 0 Å². The molecule has 2 amide bonds. The van der Waals surface area contributed by atoms with Gasteiger partial charge in [-0.25, -0.2) is 0 Å². The van der Waals surface area contributed by atoms with Gasteiger partial charge in [-0.05, 0) is 18.2 Å². The molecule has 8 nitrogen and oxygen atoms in total. The lowest BCUT2D eigenvalue weighted by Crippen LogP contribution is -2.35. The zero-order chi connectivity index (χ0) is 20.4. The molecular weight excluding hydrogens is 362 g/mol. The van der Waals surface area contributed by atoms with E-state index in [1.54, 1.807) is 37.2 Å². The van der Waals surface area contributed by atoms with E-state index in [9.17, 15) is 24.5 Å². The average Bonchev–Trinajstić information content (AvgIpc) is 2.91. The van der Waals surface area contributed by atoms with Gasteiger partial charge in [-0.1, -0.05) is 24.3 Å². The molecule has 0 aliphatic carbocycles. The quantitative estimate of drug-likeness (QED) is 0.331. The van der Waals surface area contributed by atoms with Crippen LogP contribution < -0.4 is 0 Å². The monoisotopic (exact) mass is 379 g/mol. The SMILES string of the molecule is CN(C)/C=C(/C(=O)CN1C(=O)c2ccccc2C1=O)c1ccccc1[N+](=O)[O-]. The van der Waals surface area contributed by atoms with E-state index in [0.717, 1.165) is 4.90 Å². The molecule has 0 saturated heterocycles. The molecule has 0 spiro atoms. The van der Waals surface area contributed by atoms with Gasteiger partial charge in [0.15, 0.2) is 5.78 Å². The van der Waals surface area contributed by atoms with Crippen molar-refractivity contribution in [3.05, 3.63) is 81.5 Å². The predicted octanol–water partition coefficient (Wildman–Crippen LogP) is 2.36. The minimum Gasteiger partial charge on any atom is -0.383 e. The number of imide groups is 1. The third-order valence-electron chi connectivity index (χ3n) is 4.26. The smallest absolute Gasteiger partial charge is 0.277 e. The summed E-state index contributed by atoms with van der Waals surface area (Å²) in [6.45, 7) is -0.502. The topological polar surface area (TPSA) is 101 Å². The number of ketones is 1. The number of carbonyl (C=O) groups is 3. The summed E-state index contributed by atoms with van der Waals surface area (Å²) in [7, 11) is 3.34. The Kier molecular flexibility index (Phi) is 5.04. The van der Waals surface area contributed by atoms with E-state index in [-0.39, 0.29) is 28.0 Å². The number of benzene rings is 2. The molecule has 1 aliphatic rings. The van der Waals surface area contributed by atoms with Gasteiger partial charge in [-0.2, -0.15) is 0 Å². The van der Waals surface area contributed by atoms with Crippen LogP contribution in [0, 0.1) is 10.1 Å². The third kappa shape index (κ3) is 3.39. The third-order valence-corrected chi connectivity index (χ3v) is 4.26. The normalized spacial score (nSPS) is 13.5. The number of nitro groups is 1. The molecule has 142 valence electrons. The molecule has 0 atom stereocenters. The van der Waals surface area contributed by atoms with Crippen LogP contribution in [0.25, 0.3) is 5.57 Å². The average molecular weight is 379 g/mol. The Morgan fingerprint density at radius 2 is 1.57 bits per heavy atom. The molecule has 0 bridgehead atoms. The Bertz CT molecular complexity index is 991. The highest BCUT2D eigenvalue weighted by molar-refractivity contribution is 6.27. The first-order chi connectivity index (χ1) is 13.3. The van der Waals surface area contributed by atoms with E-state index >= 15 is 0 Å². The van der Waals surface area contributed by atoms with Crippen molar-refractivity contribution in [3.63, 3.8) is 0 Å². The molecule has 3 rings (SSSR count). The van der Waals surface area contributed by atoms with Crippen molar-refractivity contribution in [3.8, 4) is 0 Å². The van der Waals surface area contributed by atoms with Crippen LogP contribution in [-0.2, 0) is 4.79 Å². The van der Waals surface area contributed by atoms with Crippen LogP contribution >= 0.6 is 0 Å². The van der Waals surface area contributed by atoms with Gasteiger partial charge in [0.25, 0.3) is 17.5 Å². The maximum atomic E-state index is 13.0. The summed E-state index contributed by atoms with van der Waals surface area (Å²) < 4.78 is 0. The van der Waals surface area contributed by atoms with Crippen molar-refractivity contribution in [2.24, 2.45) is 0 Å². The maximum absolute atomic E-state index is 13.0. The first-order valence-electron chi connectivity index (χ1n) is 8.41. The fourth-order valence-corrected chi connectivity index (χ4v) is 3.02. The van der Waals surface area contributed by atoms with Gasteiger partial charge in [0, 0.05) is 31.9 Å². The largest absolute Gasteiger partial charge is 0.383 e. The van der Waals surface area contributed by atoms with E-state index in [4.69, 9.17) is 0 Å². The lowest BCUT2D eigenvalue weighted by molar-refractivity contribution is -0.385. The van der Waals surface area contributed by atoms with Crippen LogP contribution in [-0.4, -0.2) is 53.0 Å². The second kappa shape index (κ2) is 7.43. The Balaban J connectivity index is 1.96. The van der Waals surface area contributed by atoms with Crippen LogP contribution in [0.2, 0.25) is 0 Å². The molecule has 0 fully saturated rings. The molecule has 2 aromatic rings. The summed E-state index contributed by atoms with van der Waals surface area (Å²) in [4.78, 5) is 51.2. The van der Waals surface area contributed by atoms with Crippen LogP contribution in [0.15, 0.2) is 54.7 Å². The second-order valence-corrected chi connectivity index (χ2v) is 6.45. The fraction of sp³-hybridized carbons (Fsp3) is 0.150. The fourth-order valence-electron chi connectivity index (χ4n) is 3.02. The molecule has 1 aliphatic heterocycles. The molecule has 1 heterocycles. The zero-order valence-corrected chi connectivity index (χ0v) is 15.3. The van der Waals surface area contributed by atoms with E-state index in [1.165, 1.54) is 36.5 Å². The summed E-state index contributed by atoms with van der Waals surface area (Å²) in [6, 6.07) is 12.2. The van der Waals surface area contributed by atoms with Crippen molar-refractivity contribution in [1.29, 1.82) is 0 Å². The summed E-state index contributed by atoms with van der Waals surface area (Å²) >= 11 is 0. The molecule has 0 radical (unpaired) electrons. The van der Waals surface area contributed by atoms with Crippen molar-refractivity contribution >= 4 is 28.9 Å². The lowest BCUT2D eigenvalue weighted by atomic mass is 10.00. The first-order valence-corrected chi connectivity index (χ1v) is 8.41. The minimum atomic E-state index is -0.575. The number of nitrogens with zero attached hydrogens (tertiary/aromatic N) is 3. The molecule has 8 heteroatoms. The van der Waals surface area contributed by atoms with Crippen LogP contribution in [0.1, 0.15) is 26.3 Å². The maximum Gasteiger partial charge on any atom is 0.277 e. The Morgan fingerprint density at radius 1 is 1.04 bits per heavy atom. The van der Waals surface area contributed by atoms with Crippen molar-refractivity contribution in [2.75, 3.05) is 20.6 Å². The first kappa shape index (κ1) is 19.0. The number of hydrogen-bond donors (Lipinski definition) is 0. The number of hydrogen-bond acceptors (Lipinski definition) is 6. The Hall–Kier alpha value is -3.81. The zero-order valence-electron chi connectivity index (χ0n) is 15.3. The summed E-state index contributed by atoms with van der Waals surface area (Å²) in [6.07, 6.45) is 1.45. The van der Waals surface area contributed by atoms with E-state index in [0.29, 0.717) is 0 Å². The number of rotatable bonds is 6. The lowest BCUT2D eigenvalue weighted by Gasteiger charge is -2.16. The van der Waals surface area contributed by atoms with E-state index in [2.05, 4.69) is 0 Å². The number of fused-ring (bicyclic) bond motifs is 1. The molecule has 0 saturated carbocycles. The minimum absolute atomic E-state index is 0.0499. The van der Waals surface area contributed by atoms with Gasteiger partial charge >= 0.3 is 0 Å². The number of Topliss-reactive ketones (excluding diaryl/α,β-unsaturated/α-hetero) is 1. The van der Waals surface area contributed by atoms with Gasteiger partial charge in [0.05, 0.1) is 28.2 Å². The highest BCUT2D eigenvalue weighted by Gasteiger charge is 2.37. The van der Waals surface area contributed by atoms with Gasteiger partial charge in [-0.15, -0.1) is 0 Å². The molecule has 0 N–H and O–H groups in total. The van der Waals surface area contributed by atoms with Crippen LogP contribution in [0.5, 0.6) is 0 Å². The number of para-hydroxylation sites is 1. The standard InChI is InChI=1S/C20H17N3O5/c1-21(2)11-16(13-7-5-6-10-17(13)23(27)28)18(24)12-22-19(25)14-8-3-4-9-15(14)20(22)26/h3-11H,12H2,1-2H3/b16-11+. The van der Waals surface area contributed by atoms with Crippen molar-refractivity contribution < 1.29 is 19.3 Å². The summed E-state index contributed by atoms with van der Waals surface area (Å²) in [5, 5.41) is 11.4. The van der Waals surface area contributed by atoms with Gasteiger partial charge in [-0.3, -0.25) is 29.4 Å². The Morgan fingerprint density at radius 3 is 2.11 bits per heavy atom. The molecule has 28 heavy (non-hydrogen) atoms. The molecule has 0 aromatic heterocycles. The number of amides is 2. The number of carbonyl (C=O) groups excluding carboxylic acids is 3. The van der Waals surface area contributed by atoms with Crippen molar-refractivity contribution in [1.82, 2.24) is 9.80 Å². The van der Waals surface area contributed by atoms with Crippen LogP contribution in [0.3, 0.4) is 0 Å². The van der Waals surface area contributed by atoms with Gasteiger partial charge in [0.2, 0.25) is 0 Å². The molecular formula is C20H17N3O5. The van der Waals surface area contributed by atoms with Crippen molar-refractivity contribution in [2.45, 2.75) is 0 Å². The predicted molar refractivity (Wildman–Crippen MR) is 102 cm³/mol. The summed E-state index contributed by atoms with van der Waals surface area (Å²) in [5.74, 6) is -1.68. The Labute approximate surface area is 160 Å². The van der Waals surface area contributed by atoms with Gasteiger partial charge in [0.1, 0.15) is 0 Å².